The van der Waals surface area contributed by atoms with E-state index in [-0.39, 0.29) is 41.9 Å². The van der Waals surface area contributed by atoms with Crippen molar-refractivity contribution in [2.75, 3.05) is 37.3 Å². The quantitative estimate of drug-likeness (QED) is 0.0974. The Bertz CT molecular complexity index is 2120. The molecule has 4 heterocycles. The molecule has 6 rings (SSSR count). The number of hydrogen-bond donors (Lipinski definition) is 4. The van der Waals surface area contributed by atoms with Gasteiger partial charge in [0, 0.05) is 11.5 Å². The number of nitrogens with zero attached hydrogens (tertiary/aromatic N) is 5. The number of carbonyl (C=O) groups excluding carboxylic acids is 1. The number of aromatic nitrogens is 4. The lowest BCUT2D eigenvalue weighted by Crippen LogP contribution is -2.50. The second-order valence-electron chi connectivity index (χ2n) is 12.5. The van der Waals surface area contributed by atoms with Crippen molar-refractivity contribution >= 4 is 62.6 Å². The van der Waals surface area contributed by atoms with Crippen LogP contribution in [0.25, 0.3) is 11.2 Å². The zero-order valence-corrected chi connectivity index (χ0v) is 31.0. The maximum Gasteiger partial charge on any atom is 0.460 e. The molecule has 4 aromatic rings. The highest BCUT2D eigenvalue weighted by Gasteiger charge is 2.52. The summed E-state index contributed by atoms with van der Waals surface area (Å²) in [5.74, 6) is -0.574. The average molecular weight is 796 g/mol. The number of rotatable bonds is 11. The molecule has 1 saturated heterocycles. The number of sulfonamides is 1. The maximum absolute atomic E-state index is 14.6. The van der Waals surface area contributed by atoms with Crippen molar-refractivity contribution in [2.24, 2.45) is 0 Å². The summed E-state index contributed by atoms with van der Waals surface area (Å²) in [6.45, 7) is 4.69. The molecule has 3 unspecified atom stereocenters. The molecule has 2 aromatic carbocycles. The summed E-state index contributed by atoms with van der Waals surface area (Å²) >= 11 is 3.37. The van der Waals surface area contributed by atoms with Crippen molar-refractivity contribution in [1.29, 1.82) is 0 Å². The number of hydrogen-bond acceptors (Lipinski definition) is 14. The molecule has 268 valence electrons. The summed E-state index contributed by atoms with van der Waals surface area (Å²) in [5, 5.41) is 15.7. The molecule has 0 amide bonds. The molecular weight excluding hydrogens is 759 g/mol. The Kier molecular flexibility index (Phi) is 9.49. The predicted molar refractivity (Wildman–Crippen MR) is 185 cm³/mol. The van der Waals surface area contributed by atoms with Gasteiger partial charge in [0.15, 0.2) is 17.0 Å². The number of aliphatic hydroxyl groups excluding tert-OH is 1. The number of imidazole rings is 1. The third kappa shape index (κ3) is 6.83. The van der Waals surface area contributed by atoms with Gasteiger partial charge in [-0.05, 0) is 61.7 Å². The van der Waals surface area contributed by atoms with Crippen LogP contribution in [-0.2, 0) is 51.1 Å². The van der Waals surface area contributed by atoms with Crippen LogP contribution in [0.1, 0.15) is 30.5 Å². The summed E-state index contributed by atoms with van der Waals surface area (Å²) in [6.07, 6.45) is 0.0596. The average Bonchev–Trinajstić information content (AvgIpc) is 3.59. The number of anilines is 2. The lowest BCUT2D eigenvalue weighted by atomic mass is 9.85. The number of cyclic esters (lactones) is 1. The van der Waals surface area contributed by atoms with E-state index >= 15 is 0 Å². The van der Waals surface area contributed by atoms with Gasteiger partial charge in [-0.15, -0.1) is 4.83 Å². The number of benzene rings is 2. The topological polar surface area (TPSA) is 222 Å². The highest BCUT2D eigenvalue weighted by molar-refractivity contribution is 9.10. The fourth-order valence-corrected chi connectivity index (χ4v) is 8.54. The first-order valence-electron chi connectivity index (χ1n) is 15.2. The van der Waals surface area contributed by atoms with Gasteiger partial charge >= 0.3 is 13.7 Å². The van der Waals surface area contributed by atoms with E-state index in [0.29, 0.717) is 5.56 Å². The maximum atomic E-state index is 14.6. The first-order valence-corrected chi connectivity index (χ1v) is 19.4. The van der Waals surface area contributed by atoms with Crippen LogP contribution in [0.5, 0.6) is 5.75 Å². The van der Waals surface area contributed by atoms with Crippen molar-refractivity contribution < 1.29 is 41.4 Å². The zero-order valence-electron chi connectivity index (χ0n) is 27.7. The molecule has 1 fully saturated rings. The molecule has 0 radical (unpaired) electrons. The second kappa shape index (κ2) is 13.1. The van der Waals surface area contributed by atoms with Gasteiger partial charge in [-0.2, -0.15) is 15.1 Å². The van der Waals surface area contributed by atoms with Crippen molar-refractivity contribution in [3.05, 3.63) is 70.0 Å². The number of nitrogens with two attached hydrogens (primary N) is 1. The number of halogens is 1. The van der Waals surface area contributed by atoms with Gasteiger partial charge in [-0.1, -0.05) is 34.1 Å². The molecule has 5 N–H and O–H groups in total. The van der Waals surface area contributed by atoms with Crippen LogP contribution in [0.15, 0.2) is 53.3 Å². The number of esters is 1. The van der Waals surface area contributed by atoms with Crippen molar-refractivity contribution in [3.8, 4) is 5.75 Å². The minimum absolute atomic E-state index is 0.0586. The Hall–Kier alpha value is -3.68. The minimum atomic E-state index is -4.43. The van der Waals surface area contributed by atoms with E-state index in [1.807, 2.05) is 13.0 Å². The van der Waals surface area contributed by atoms with E-state index < -0.39 is 53.6 Å². The van der Waals surface area contributed by atoms with E-state index in [1.165, 1.54) is 13.4 Å². The molecular formula is C30H36BrN8O9PS. The lowest BCUT2D eigenvalue weighted by molar-refractivity contribution is -0.154. The fourth-order valence-electron chi connectivity index (χ4n) is 6.03. The Morgan fingerprint density at radius 1 is 1.22 bits per heavy atom. The Morgan fingerprint density at radius 3 is 2.64 bits per heavy atom. The van der Waals surface area contributed by atoms with Gasteiger partial charge in [-0.25, -0.2) is 22.8 Å². The lowest BCUT2D eigenvalue weighted by Gasteiger charge is -2.37. The van der Waals surface area contributed by atoms with Gasteiger partial charge in [0.25, 0.3) is 0 Å². The minimum Gasteiger partial charge on any atom is -0.459 e. The number of carbonyl (C=O) groups is 1. The number of nitrogens with one attached hydrogen (secondary N) is 2. The largest absolute Gasteiger partial charge is 0.460 e. The molecule has 0 saturated carbocycles. The van der Waals surface area contributed by atoms with Crippen LogP contribution in [0.2, 0.25) is 0 Å². The predicted octanol–water partition coefficient (Wildman–Crippen LogP) is 2.62. The summed E-state index contributed by atoms with van der Waals surface area (Å²) in [6, 6.07) is 12.0. The molecule has 2 aliphatic heterocycles. The van der Waals surface area contributed by atoms with Gasteiger partial charge in [0.05, 0.1) is 31.3 Å². The summed E-state index contributed by atoms with van der Waals surface area (Å²) in [4.78, 5) is 28.4. The molecule has 5 atom stereocenters. The Morgan fingerprint density at radius 2 is 1.94 bits per heavy atom. The van der Waals surface area contributed by atoms with Crippen molar-refractivity contribution in [2.45, 2.75) is 50.7 Å². The highest BCUT2D eigenvalue weighted by Crippen LogP contribution is 2.50. The fraction of sp³-hybridized carbons (Fsp3) is 0.400. The van der Waals surface area contributed by atoms with E-state index in [0.717, 1.165) is 26.9 Å². The standard InChI is InChI=1S/C30H36BrN8O9PS/c1-17-7-6-8-21-20(17)13-45-27(41)30(21,3)36-49(42,48-19-11-9-18(31)10-12-19)47-14-22-24(40)29(2,15-46-22)39-16-33-23-25(34-28(32)35-26(23)39)38(4)37-50(5,43)44/h6-12,16,22,24,37,40H,13-15H2,1-5H3,(H,36,42)(H2,32,34,35)/t22?,24-,29-,30?,49?/m1/s1. The molecule has 2 aromatic heterocycles. The molecule has 2 aliphatic rings. The molecule has 17 nitrogen and oxygen atoms in total. The van der Waals surface area contributed by atoms with Gasteiger partial charge in [-0.3, -0.25) is 9.53 Å². The van der Waals surface area contributed by atoms with Crippen LogP contribution in [0.3, 0.4) is 0 Å². The first-order chi connectivity index (χ1) is 23.4. The van der Waals surface area contributed by atoms with Crippen LogP contribution >= 0.6 is 23.7 Å². The summed E-state index contributed by atoms with van der Waals surface area (Å²) < 4.78 is 64.1. The molecule has 0 bridgehead atoms. The second-order valence-corrected chi connectivity index (χ2v) is 16.8. The van der Waals surface area contributed by atoms with Crippen LogP contribution in [0.4, 0.5) is 11.8 Å². The van der Waals surface area contributed by atoms with E-state index in [2.05, 4.69) is 40.8 Å². The number of hydrazine groups is 1. The van der Waals surface area contributed by atoms with E-state index in [9.17, 15) is 22.9 Å². The van der Waals surface area contributed by atoms with Gasteiger partial charge in [0.2, 0.25) is 16.0 Å². The number of aryl methyl sites for hydroxylation is 1. The molecule has 20 heteroatoms. The Labute approximate surface area is 296 Å². The number of fused-ring (bicyclic) bond motifs is 2. The van der Waals surface area contributed by atoms with Crippen LogP contribution < -0.4 is 25.2 Å². The van der Waals surface area contributed by atoms with Crippen LogP contribution in [-0.4, -0.2) is 77.7 Å². The van der Waals surface area contributed by atoms with Crippen LogP contribution in [0, 0.1) is 6.92 Å². The van der Waals surface area contributed by atoms with Crippen molar-refractivity contribution in [1.82, 2.24) is 29.4 Å². The molecule has 50 heavy (non-hydrogen) atoms. The highest BCUT2D eigenvalue weighted by atomic mass is 79.9. The summed E-state index contributed by atoms with van der Waals surface area (Å²) in [7, 11) is -6.67. The number of nitrogen functional groups attached to an aromatic ring is 1. The number of aliphatic hydroxyl groups is 1. The van der Waals surface area contributed by atoms with E-state index in [1.54, 1.807) is 54.8 Å². The molecule has 0 aliphatic carbocycles. The summed E-state index contributed by atoms with van der Waals surface area (Å²) in [5.41, 5.74) is 5.78. The smallest absolute Gasteiger partial charge is 0.459 e. The van der Waals surface area contributed by atoms with Gasteiger partial charge < -0.3 is 29.4 Å². The zero-order chi connectivity index (χ0) is 36.2. The van der Waals surface area contributed by atoms with Gasteiger partial charge in [0.1, 0.15) is 30.1 Å². The third-order valence-corrected chi connectivity index (χ3v) is 11.5. The number of ether oxygens (including phenoxy) is 2. The normalized spacial score (nSPS) is 24.8. The SMILES string of the molecule is Cc1cccc2c1COC(=O)C2(C)NP(=O)(OCC1OC[C@@](C)(n2cnc3c(N(C)NS(C)(=O)=O)nc(N)nc32)[C@@H]1O)Oc1ccc(Br)cc1. The molecule has 0 spiro atoms. The Balaban J connectivity index is 1.29. The first kappa shape index (κ1) is 36.1. The third-order valence-electron chi connectivity index (χ3n) is 8.66. The van der Waals surface area contributed by atoms with E-state index in [4.69, 9.17) is 24.3 Å². The monoisotopic (exact) mass is 794 g/mol. The van der Waals surface area contributed by atoms with Crippen molar-refractivity contribution in [3.63, 3.8) is 0 Å².